The number of nitro groups is 1. The topological polar surface area (TPSA) is 76.6 Å². The summed E-state index contributed by atoms with van der Waals surface area (Å²) in [6, 6.07) is 9.49. The van der Waals surface area contributed by atoms with Gasteiger partial charge >= 0.3 is 0 Å². The van der Waals surface area contributed by atoms with Crippen LogP contribution in [0.3, 0.4) is 0 Å². The van der Waals surface area contributed by atoms with E-state index in [1.54, 1.807) is 11.9 Å². The van der Waals surface area contributed by atoms with E-state index in [9.17, 15) is 14.9 Å². The molecular formula is C17H18N2O4. The van der Waals surface area contributed by atoms with Crippen LogP contribution < -0.4 is 0 Å². The summed E-state index contributed by atoms with van der Waals surface area (Å²) in [5.74, 6) is 2.73. The number of nitrogens with zero attached hydrogens (tertiary/aromatic N) is 2. The Balaban J connectivity index is 1.65. The van der Waals surface area contributed by atoms with E-state index in [0.717, 1.165) is 17.9 Å². The van der Waals surface area contributed by atoms with Crippen molar-refractivity contribution in [2.24, 2.45) is 5.92 Å². The molecule has 1 aromatic carbocycles. The number of carbonyl (C=O) groups excluding carboxylic acids is 1. The first-order valence-corrected chi connectivity index (χ1v) is 7.54. The third-order valence-corrected chi connectivity index (χ3v) is 4.22. The fourth-order valence-electron chi connectivity index (χ4n) is 2.65. The molecule has 1 amide bonds. The van der Waals surface area contributed by atoms with E-state index >= 15 is 0 Å². The normalized spacial score (nSPS) is 19.4. The second-order valence-electron chi connectivity index (χ2n) is 6.09. The molecule has 1 aliphatic carbocycles. The molecule has 120 valence electrons. The molecule has 0 radical (unpaired) electrons. The number of non-ortho nitro benzene ring substituents is 1. The summed E-state index contributed by atoms with van der Waals surface area (Å²) in [5, 5.41) is 10.6. The van der Waals surface area contributed by atoms with Crippen molar-refractivity contribution in [1.82, 2.24) is 4.90 Å². The number of nitro benzene ring substituents is 1. The van der Waals surface area contributed by atoms with Crippen LogP contribution in [0.25, 0.3) is 0 Å². The monoisotopic (exact) mass is 314 g/mol. The minimum absolute atomic E-state index is 0.0292. The van der Waals surface area contributed by atoms with Crippen LogP contribution in [0.2, 0.25) is 0 Å². The summed E-state index contributed by atoms with van der Waals surface area (Å²) in [6.07, 6.45) is 1.16. The van der Waals surface area contributed by atoms with Gasteiger partial charge in [-0.1, -0.05) is 6.92 Å². The van der Waals surface area contributed by atoms with Crippen molar-refractivity contribution >= 4 is 11.6 Å². The van der Waals surface area contributed by atoms with Gasteiger partial charge in [-0.2, -0.15) is 0 Å². The van der Waals surface area contributed by atoms with Gasteiger partial charge in [0.15, 0.2) is 0 Å². The van der Waals surface area contributed by atoms with E-state index in [0.29, 0.717) is 23.9 Å². The maximum atomic E-state index is 12.3. The number of furan rings is 1. The molecule has 6 nitrogen and oxygen atoms in total. The molecule has 0 spiro atoms. The molecule has 1 aliphatic rings. The standard InChI is InChI=1S/C17H18N2O4/c1-11-9-15(11)16-8-7-14(23-16)10-18(2)17(20)12-3-5-13(6-4-12)19(21)22/h3-8,11,15H,9-10H2,1-2H3. The van der Waals surface area contributed by atoms with Crippen molar-refractivity contribution in [2.45, 2.75) is 25.8 Å². The molecule has 0 saturated heterocycles. The third kappa shape index (κ3) is 3.26. The molecule has 1 heterocycles. The van der Waals surface area contributed by atoms with Crippen LogP contribution in [0.1, 0.15) is 41.1 Å². The Morgan fingerprint density at radius 3 is 2.52 bits per heavy atom. The number of hydrogen-bond acceptors (Lipinski definition) is 4. The lowest BCUT2D eigenvalue weighted by molar-refractivity contribution is -0.384. The Kier molecular flexibility index (Phi) is 3.90. The fourth-order valence-corrected chi connectivity index (χ4v) is 2.65. The second-order valence-corrected chi connectivity index (χ2v) is 6.09. The maximum absolute atomic E-state index is 12.3. The van der Waals surface area contributed by atoms with E-state index in [1.807, 2.05) is 12.1 Å². The lowest BCUT2D eigenvalue weighted by atomic mass is 10.2. The largest absolute Gasteiger partial charge is 0.464 e. The summed E-state index contributed by atoms with van der Waals surface area (Å²) >= 11 is 0. The molecule has 1 aromatic heterocycles. The van der Waals surface area contributed by atoms with Crippen LogP contribution in [-0.2, 0) is 6.54 Å². The van der Waals surface area contributed by atoms with Gasteiger partial charge in [0.1, 0.15) is 11.5 Å². The van der Waals surface area contributed by atoms with Crippen LogP contribution in [0, 0.1) is 16.0 Å². The Morgan fingerprint density at radius 1 is 1.30 bits per heavy atom. The van der Waals surface area contributed by atoms with Gasteiger partial charge in [0.05, 0.1) is 11.5 Å². The highest BCUT2D eigenvalue weighted by molar-refractivity contribution is 5.94. The van der Waals surface area contributed by atoms with Gasteiger partial charge in [-0.25, -0.2) is 0 Å². The summed E-state index contributed by atoms with van der Waals surface area (Å²) in [5.41, 5.74) is 0.388. The predicted octanol–water partition coefficient (Wildman–Crippen LogP) is 3.58. The first-order chi connectivity index (χ1) is 11.0. The van der Waals surface area contributed by atoms with Gasteiger partial charge in [0.25, 0.3) is 11.6 Å². The van der Waals surface area contributed by atoms with E-state index < -0.39 is 4.92 Å². The minimum Gasteiger partial charge on any atom is -0.464 e. The lowest BCUT2D eigenvalue weighted by Gasteiger charge is -2.15. The highest BCUT2D eigenvalue weighted by Gasteiger charge is 2.36. The molecule has 23 heavy (non-hydrogen) atoms. The zero-order valence-corrected chi connectivity index (χ0v) is 13.1. The molecule has 2 aromatic rings. The Labute approximate surface area is 133 Å². The van der Waals surface area contributed by atoms with Crippen LogP contribution >= 0.6 is 0 Å². The molecule has 1 saturated carbocycles. The first kappa shape index (κ1) is 15.3. The molecule has 2 atom stereocenters. The van der Waals surface area contributed by atoms with Crippen LogP contribution in [0.4, 0.5) is 5.69 Å². The summed E-state index contributed by atoms with van der Waals surface area (Å²) in [6.45, 7) is 2.56. The highest BCUT2D eigenvalue weighted by Crippen LogP contribution is 2.47. The predicted molar refractivity (Wildman–Crippen MR) is 84.1 cm³/mol. The number of rotatable bonds is 5. The van der Waals surface area contributed by atoms with Crippen molar-refractivity contribution in [3.8, 4) is 0 Å². The molecule has 1 fully saturated rings. The smallest absolute Gasteiger partial charge is 0.269 e. The van der Waals surface area contributed by atoms with Crippen molar-refractivity contribution < 1.29 is 14.1 Å². The van der Waals surface area contributed by atoms with E-state index in [4.69, 9.17) is 4.42 Å². The number of benzene rings is 1. The van der Waals surface area contributed by atoms with Crippen LogP contribution in [0.15, 0.2) is 40.8 Å². The SMILES string of the molecule is CC1CC1c1ccc(CN(C)C(=O)c2ccc([N+](=O)[O-])cc2)o1. The molecule has 6 heteroatoms. The molecule has 0 N–H and O–H groups in total. The molecular weight excluding hydrogens is 296 g/mol. The second kappa shape index (κ2) is 5.87. The highest BCUT2D eigenvalue weighted by atomic mass is 16.6. The van der Waals surface area contributed by atoms with Crippen molar-refractivity contribution in [3.05, 3.63) is 63.6 Å². The van der Waals surface area contributed by atoms with E-state index in [1.165, 1.54) is 24.3 Å². The third-order valence-electron chi connectivity index (χ3n) is 4.22. The molecule has 0 bridgehead atoms. The number of hydrogen-bond donors (Lipinski definition) is 0. The summed E-state index contributed by atoms with van der Waals surface area (Å²) < 4.78 is 5.80. The first-order valence-electron chi connectivity index (χ1n) is 7.54. The number of carbonyl (C=O) groups is 1. The van der Waals surface area contributed by atoms with E-state index in [-0.39, 0.29) is 11.6 Å². The molecule has 2 unspecified atom stereocenters. The van der Waals surface area contributed by atoms with Crippen LogP contribution in [-0.4, -0.2) is 22.8 Å². The summed E-state index contributed by atoms with van der Waals surface area (Å²) in [7, 11) is 1.69. The van der Waals surface area contributed by atoms with Gasteiger partial charge in [-0.05, 0) is 36.6 Å². The zero-order chi connectivity index (χ0) is 16.6. The van der Waals surface area contributed by atoms with Gasteiger partial charge in [0, 0.05) is 30.7 Å². The quantitative estimate of drug-likeness (QED) is 0.624. The van der Waals surface area contributed by atoms with Crippen molar-refractivity contribution in [2.75, 3.05) is 7.05 Å². The van der Waals surface area contributed by atoms with Crippen LogP contribution in [0.5, 0.6) is 0 Å². The Bertz CT molecular complexity index is 735. The van der Waals surface area contributed by atoms with Gasteiger partial charge in [-0.3, -0.25) is 14.9 Å². The van der Waals surface area contributed by atoms with Crippen molar-refractivity contribution in [1.29, 1.82) is 0 Å². The average molecular weight is 314 g/mol. The zero-order valence-electron chi connectivity index (χ0n) is 13.1. The maximum Gasteiger partial charge on any atom is 0.269 e. The Hall–Kier alpha value is -2.63. The lowest BCUT2D eigenvalue weighted by Crippen LogP contribution is -2.25. The van der Waals surface area contributed by atoms with Gasteiger partial charge in [-0.15, -0.1) is 0 Å². The van der Waals surface area contributed by atoms with E-state index in [2.05, 4.69) is 6.92 Å². The molecule has 0 aliphatic heterocycles. The fraction of sp³-hybridized carbons (Fsp3) is 0.353. The van der Waals surface area contributed by atoms with Crippen molar-refractivity contribution in [3.63, 3.8) is 0 Å². The number of amides is 1. The average Bonchev–Trinajstić information content (AvgIpc) is 3.08. The minimum atomic E-state index is -0.485. The Morgan fingerprint density at radius 2 is 1.96 bits per heavy atom. The van der Waals surface area contributed by atoms with Gasteiger partial charge in [0.2, 0.25) is 0 Å². The summed E-state index contributed by atoms with van der Waals surface area (Å²) in [4.78, 5) is 24.0. The molecule has 3 rings (SSSR count). The van der Waals surface area contributed by atoms with Gasteiger partial charge < -0.3 is 9.32 Å².